The summed E-state index contributed by atoms with van der Waals surface area (Å²) in [6.07, 6.45) is 4.89. The number of hydrogen-bond acceptors (Lipinski definition) is 5. The van der Waals surface area contributed by atoms with Crippen LogP contribution in [-0.2, 0) is 4.74 Å². The van der Waals surface area contributed by atoms with Crippen molar-refractivity contribution in [3.63, 3.8) is 0 Å². The average Bonchev–Trinajstić information content (AvgIpc) is 2.23. The number of nitrogens with one attached hydrogen (secondary N) is 1. The molecule has 0 spiro atoms. The van der Waals surface area contributed by atoms with Crippen molar-refractivity contribution in [2.75, 3.05) is 12.4 Å². The van der Waals surface area contributed by atoms with Crippen molar-refractivity contribution in [1.82, 2.24) is 9.97 Å². The van der Waals surface area contributed by atoms with E-state index in [0.29, 0.717) is 18.0 Å². The van der Waals surface area contributed by atoms with Gasteiger partial charge in [-0.3, -0.25) is 0 Å². The minimum Gasteiger partial charge on any atom is -0.476 e. The highest BCUT2D eigenvalue weighted by atomic mass is 16.5. The van der Waals surface area contributed by atoms with Crippen molar-refractivity contribution in [1.29, 1.82) is 0 Å². The molecule has 0 atom stereocenters. The molecule has 1 aliphatic rings. The topological polar surface area (TPSA) is 84.3 Å². The van der Waals surface area contributed by atoms with E-state index in [1.54, 1.807) is 7.11 Å². The van der Waals surface area contributed by atoms with Crippen molar-refractivity contribution >= 4 is 11.8 Å². The third-order valence-corrected chi connectivity index (χ3v) is 2.65. The minimum atomic E-state index is -1.07. The molecule has 6 nitrogen and oxygen atoms in total. The monoisotopic (exact) mass is 223 g/mol. The molecule has 2 rings (SSSR count). The van der Waals surface area contributed by atoms with Crippen LogP contribution in [0.4, 0.5) is 5.82 Å². The molecule has 1 aliphatic carbocycles. The lowest BCUT2D eigenvalue weighted by Crippen LogP contribution is -2.40. The second kappa shape index (κ2) is 4.44. The molecule has 1 aromatic rings. The number of aromatic nitrogens is 2. The number of ether oxygens (including phenoxy) is 1. The van der Waals surface area contributed by atoms with Crippen molar-refractivity contribution in [3.8, 4) is 0 Å². The SMILES string of the molecule is COC1CC(Nc2cnc(C(=O)O)cn2)C1. The van der Waals surface area contributed by atoms with E-state index in [1.807, 2.05) is 0 Å². The van der Waals surface area contributed by atoms with Crippen LogP contribution in [0, 0.1) is 0 Å². The molecule has 6 heteroatoms. The van der Waals surface area contributed by atoms with Gasteiger partial charge in [0, 0.05) is 13.2 Å². The van der Waals surface area contributed by atoms with Crippen molar-refractivity contribution in [3.05, 3.63) is 18.1 Å². The molecule has 16 heavy (non-hydrogen) atoms. The quantitative estimate of drug-likeness (QED) is 0.784. The largest absolute Gasteiger partial charge is 0.476 e. The fourth-order valence-corrected chi connectivity index (χ4v) is 1.60. The standard InChI is InChI=1S/C10H13N3O3/c1-16-7-2-6(3-7)13-9-5-11-8(4-12-9)10(14)15/h4-7H,2-3H2,1H3,(H,12,13)(H,14,15). The summed E-state index contributed by atoms with van der Waals surface area (Å²) in [4.78, 5) is 18.3. The molecule has 0 unspecified atom stereocenters. The van der Waals surface area contributed by atoms with E-state index in [1.165, 1.54) is 12.4 Å². The molecule has 0 amide bonds. The van der Waals surface area contributed by atoms with Crippen LogP contribution in [0.2, 0.25) is 0 Å². The zero-order chi connectivity index (χ0) is 11.5. The molecular formula is C10H13N3O3. The second-order valence-corrected chi connectivity index (χ2v) is 3.76. The van der Waals surface area contributed by atoms with Crippen LogP contribution < -0.4 is 5.32 Å². The Kier molecular flexibility index (Phi) is 3.00. The number of aromatic carboxylic acids is 1. The summed E-state index contributed by atoms with van der Waals surface area (Å²) in [6.45, 7) is 0. The molecule has 1 heterocycles. The number of hydrogen-bond donors (Lipinski definition) is 2. The Morgan fingerprint density at radius 1 is 1.50 bits per heavy atom. The van der Waals surface area contributed by atoms with Gasteiger partial charge in [0.05, 0.1) is 18.5 Å². The van der Waals surface area contributed by atoms with E-state index < -0.39 is 5.97 Å². The molecule has 0 radical (unpaired) electrons. The highest BCUT2D eigenvalue weighted by Crippen LogP contribution is 2.25. The van der Waals surface area contributed by atoms with Crippen LogP contribution in [0.1, 0.15) is 23.3 Å². The first kappa shape index (κ1) is 10.8. The van der Waals surface area contributed by atoms with E-state index in [4.69, 9.17) is 9.84 Å². The molecule has 1 aromatic heterocycles. The molecule has 1 fully saturated rings. The Morgan fingerprint density at radius 3 is 2.75 bits per heavy atom. The first-order valence-electron chi connectivity index (χ1n) is 5.03. The Morgan fingerprint density at radius 2 is 2.25 bits per heavy atom. The van der Waals surface area contributed by atoms with Gasteiger partial charge in [-0.15, -0.1) is 0 Å². The number of carboxylic acid groups (broad SMARTS) is 1. The maximum Gasteiger partial charge on any atom is 0.356 e. The van der Waals surface area contributed by atoms with E-state index in [2.05, 4.69) is 15.3 Å². The molecule has 0 aromatic carbocycles. The van der Waals surface area contributed by atoms with Crippen LogP contribution in [0.15, 0.2) is 12.4 Å². The maximum absolute atomic E-state index is 10.5. The molecule has 2 N–H and O–H groups in total. The normalized spacial score (nSPS) is 23.6. The Hall–Kier alpha value is -1.69. The van der Waals surface area contributed by atoms with Gasteiger partial charge < -0.3 is 15.2 Å². The zero-order valence-corrected chi connectivity index (χ0v) is 8.88. The Balaban J connectivity index is 1.89. The Bertz CT molecular complexity index is 373. The summed E-state index contributed by atoms with van der Waals surface area (Å²) in [5.74, 6) is -0.466. The van der Waals surface area contributed by atoms with Gasteiger partial charge in [-0.1, -0.05) is 0 Å². The van der Waals surface area contributed by atoms with Crippen molar-refractivity contribution in [2.24, 2.45) is 0 Å². The number of nitrogens with zero attached hydrogens (tertiary/aromatic N) is 2. The summed E-state index contributed by atoms with van der Waals surface area (Å²) < 4.78 is 5.15. The van der Waals surface area contributed by atoms with Crippen molar-refractivity contribution in [2.45, 2.75) is 25.0 Å². The summed E-state index contributed by atoms with van der Waals surface area (Å²) in [5.41, 5.74) is -0.0473. The average molecular weight is 223 g/mol. The third kappa shape index (κ3) is 2.27. The number of methoxy groups -OCH3 is 1. The number of rotatable bonds is 4. The van der Waals surface area contributed by atoms with Gasteiger partial charge >= 0.3 is 5.97 Å². The molecule has 0 saturated heterocycles. The van der Waals surface area contributed by atoms with E-state index >= 15 is 0 Å². The summed E-state index contributed by atoms with van der Waals surface area (Å²) in [5, 5.41) is 11.8. The number of carboxylic acids is 1. The van der Waals surface area contributed by atoms with Crippen LogP contribution in [0.25, 0.3) is 0 Å². The lowest BCUT2D eigenvalue weighted by Gasteiger charge is -2.34. The van der Waals surface area contributed by atoms with Gasteiger partial charge in [0.2, 0.25) is 0 Å². The third-order valence-electron chi connectivity index (χ3n) is 2.65. The predicted octanol–water partition coefficient (Wildman–Crippen LogP) is 0.764. The maximum atomic E-state index is 10.5. The fraction of sp³-hybridized carbons (Fsp3) is 0.500. The fourth-order valence-electron chi connectivity index (χ4n) is 1.60. The van der Waals surface area contributed by atoms with Gasteiger partial charge in [0.15, 0.2) is 5.69 Å². The van der Waals surface area contributed by atoms with Crippen molar-refractivity contribution < 1.29 is 14.6 Å². The lowest BCUT2D eigenvalue weighted by molar-refractivity contribution is 0.0328. The van der Waals surface area contributed by atoms with Gasteiger partial charge in [-0.25, -0.2) is 14.8 Å². The highest BCUT2D eigenvalue weighted by molar-refractivity contribution is 5.84. The smallest absolute Gasteiger partial charge is 0.356 e. The zero-order valence-electron chi connectivity index (χ0n) is 8.88. The molecule has 86 valence electrons. The molecule has 0 aliphatic heterocycles. The van der Waals surface area contributed by atoms with Gasteiger partial charge in [0.25, 0.3) is 0 Å². The van der Waals surface area contributed by atoms with Gasteiger partial charge in [-0.2, -0.15) is 0 Å². The van der Waals surface area contributed by atoms with Gasteiger partial charge in [-0.05, 0) is 12.8 Å². The molecule has 0 bridgehead atoms. The first-order chi connectivity index (χ1) is 7.69. The highest BCUT2D eigenvalue weighted by Gasteiger charge is 2.29. The summed E-state index contributed by atoms with van der Waals surface area (Å²) in [6, 6.07) is 0.343. The van der Waals surface area contributed by atoms with E-state index in [-0.39, 0.29) is 5.69 Å². The molecule has 1 saturated carbocycles. The number of carbonyl (C=O) groups is 1. The van der Waals surface area contributed by atoms with Crippen LogP contribution in [0.3, 0.4) is 0 Å². The van der Waals surface area contributed by atoms with Gasteiger partial charge in [0.1, 0.15) is 5.82 Å². The summed E-state index contributed by atoms with van der Waals surface area (Å²) in [7, 11) is 1.70. The van der Waals surface area contributed by atoms with E-state index in [9.17, 15) is 4.79 Å². The Labute approximate surface area is 92.7 Å². The number of anilines is 1. The minimum absolute atomic E-state index is 0.0473. The van der Waals surface area contributed by atoms with Crippen LogP contribution in [-0.4, -0.2) is 40.3 Å². The van der Waals surface area contributed by atoms with Crippen LogP contribution in [0.5, 0.6) is 0 Å². The van der Waals surface area contributed by atoms with E-state index in [0.717, 1.165) is 12.8 Å². The molecular weight excluding hydrogens is 210 g/mol. The second-order valence-electron chi connectivity index (χ2n) is 3.76. The summed E-state index contributed by atoms with van der Waals surface area (Å²) >= 11 is 0. The predicted molar refractivity (Wildman–Crippen MR) is 56.4 cm³/mol. The van der Waals surface area contributed by atoms with Crippen LogP contribution >= 0.6 is 0 Å². The first-order valence-corrected chi connectivity index (χ1v) is 5.03. The lowest BCUT2D eigenvalue weighted by atomic mass is 9.89.